The molecule has 252 valence electrons. The molecule has 0 unspecified atom stereocenters. The van der Waals surface area contributed by atoms with Crippen LogP contribution in [0.15, 0.2) is 115 Å². The highest BCUT2D eigenvalue weighted by molar-refractivity contribution is 6.09. The lowest BCUT2D eigenvalue weighted by Crippen LogP contribution is -2.02. The minimum absolute atomic E-state index is 0.571. The lowest BCUT2D eigenvalue weighted by atomic mass is 9.86. The van der Waals surface area contributed by atoms with Gasteiger partial charge in [0.05, 0.1) is 28.0 Å². The second-order valence-electron chi connectivity index (χ2n) is 13.4. The van der Waals surface area contributed by atoms with Gasteiger partial charge in [-0.2, -0.15) is 0 Å². The molecule has 0 radical (unpaired) electrons. The second kappa shape index (κ2) is 12.6. The topological polar surface area (TPSA) is 54.1 Å². The van der Waals surface area contributed by atoms with Crippen molar-refractivity contribution >= 4 is 21.8 Å². The first kappa shape index (κ1) is 32.1. The summed E-state index contributed by atoms with van der Waals surface area (Å²) in [4.78, 5) is 4.73. The van der Waals surface area contributed by atoms with Crippen LogP contribution in [0, 0.1) is 48.5 Å². The van der Waals surface area contributed by atoms with Gasteiger partial charge in [0, 0.05) is 29.1 Å². The molecule has 0 saturated heterocycles. The number of aryl methyl sites for hydroxylation is 1. The van der Waals surface area contributed by atoms with E-state index in [1.54, 1.807) is 0 Å². The van der Waals surface area contributed by atoms with Gasteiger partial charge >= 0.3 is 0 Å². The van der Waals surface area contributed by atoms with Crippen molar-refractivity contribution in [2.45, 2.75) is 48.5 Å². The van der Waals surface area contributed by atoms with Crippen LogP contribution in [0.25, 0.3) is 44.4 Å². The fourth-order valence-corrected chi connectivity index (χ4v) is 7.28. The maximum atomic E-state index is 6.59. The Kier molecular flexibility index (Phi) is 7.95. The molecule has 0 aliphatic carbocycles. The summed E-state index contributed by atoms with van der Waals surface area (Å²) in [5, 5.41) is 7.43. The molecule has 8 rings (SSSR count). The highest BCUT2D eigenvalue weighted by Gasteiger charge is 2.25. The first-order chi connectivity index (χ1) is 24.7. The Hall–Kier alpha value is -6.14. The zero-order chi connectivity index (χ0) is 35.4. The minimum Gasteiger partial charge on any atom is -0.457 e. The van der Waals surface area contributed by atoms with Crippen molar-refractivity contribution in [1.82, 2.24) is 19.3 Å². The van der Waals surface area contributed by atoms with Crippen LogP contribution < -0.4 is 9.47 Å². The van der Waals surface area contributed by atoms with Crippen LogP contribution in [0.3, 0.4) is 0 Å². The molecule has 6 nitrogen and oxygen atoms in total. The largest absolute Gasteiger partial charge is 0.457 e. The van der Waals surface area contributed by atoms with Crippen LogP contribution in [0.5, 0.6) is 23.1 Å². The van der Waals surface area contributed by atoms with Crippen molar-refractivity contribution in [1.29, 1.82) is 0 Å². The molecule has 0 aliphatic rings. The standard InChI is InChI=1S/C45H40N4O2/c1-27-22-23-46-42(24-27)48-40-19-12-11-18-38(40)39-21-20-37(26-41(39)48)50-36-17-13-14-34(25-36)49-33(7)44(45(47-49)51-35-15-9-8-10-16-35)43-31(5)29(3)28(2)30(4)32(43)6/h8-26H,1-7H3. The molecule has 3 aromatic heterocycles. The van der Waals surface area contributed by atoms with E-state index >= 15 is 0 Å². The average molecular weight is 669 g/mol. The Morgan fingerprint density at radius 3 is 1.94 bits per heavy atom. The molecule has 0 saturated carbocycles. The number of para-hydroxylation sites is 2. The molecule has 0 spiro atoms. The monoisotopic (exact) mass is 668 g/mol. The molecule has 3 heterocycles. The zero-order valence-electron chi connectivity index (χ0n) is 30.1. The van der Waals surface area contributed by atoms with E-state index < -0.39 is 0 Å². The fraction of sp³-hybridized carbons (Fsp3) is 0.156. The van der Waals surface area contributed by atoms with E-state index in [9.17, 15) is 0 Å². The molecule has 8 aromatic rings. The highest BCUT2D eigenvalue weighted by Crippen LogP contribution is 2.43. The van der Waals surface area contributed by atoms with E-state index in [2.05, 4.69) is 102 Å². The third-order valence-electron chi connectivity index (χ3n) is 10.4. The Morgan fingerprint density at radius 2 is 1.18 bits per heavy atom. The maximum absolute atomic E-state index is 6.59. The number of ether oxygens (including phenoxy) is 2. The quantitative estimate of drug-likeness (QED) is 0.170. The van der Waals surface area contributed by atoms with Gasteiger partial charge in [-0.25, -0.2) is 9.67 Å². The van der Waals surface area contributed by atoms with E-state index in [4.69, 9.17) is 19.6 Å². The number of rotatable bonds is 7. The van der Waals surface area contributed by atoms with Crippen LogP contribution in [-0.2, 0) is 0 Å². The lowest BCUT2D eigenvalue weighted by molar-refractivity contribution is 0.458. The van der Waals surface area contributed by atoms with E-state index in [0.717, 1.165) is 56.2 Å². The predicted molar refractivity (Wildman–Crippen MR) is 207 cm³/mol. The smallest absolute Gasteiger partial charge is 0.246 e. The van der Waals surface area contributed by atoms with Crippen LogP contribution in [-0.4, -0.2) is 19.3 Å². The van der Waals surface area contributed by atoms with Crippen molar-refractivity contribution in [2.24, 2.45) is 0 Å². The summed E-state index contributed by atoms with van der Waals surface area (Å²) < 4.78 is 17.3. The van der Waals surface area contributed by atoms with E-state index in [1.165, 1.54) is 38.8 Å². The summed E-state index contributed by atoms with van der Waals surface area (Å²) in [5.74, 6) is 3.63. The molecule has 0 bridgehead atoms. The lowest BCUT2D eigenvalue weighted by Gasteiger charge is -2.19. The number of benzene rings is 5. The molecule has 5 aromatic carbocycles. The predicted octanol–water partition coefficient (Wildman–Crippen LogP) is 11.8. The summed E-state index contributed by atoms with van der Waals surface area (Å²) in [7, 11) is 0. The SMILES string of the molecule is Cc1ccnc(-n2c3ccccc3c3ccc(Oc4cccc(-n5nc(Oc6ccccc6)c(-c6c(C)c(C)c(C)c(C)c6C)c5C)c4)cc32)c1. The van der Waals surface area contributed by atoms with E-state index in [1.807, 2.05) is 71.5 Å². The van der Waals surface area contributed by atoms with Crippen molar-refractivity contribution in [3.8, 4) is 45.8 Å². The van der Waals surface area contributed by atoms with Gasteiger partial charge in [-0.15, -0.1) is 5.10 Å². The van der Waals surface area contributed by atoms with Crippen molar-refractivity contribution in [3.05, 3.63) is 154 Å². The number of aromatic nitrogens is 4. The molecule has 6 heteroatoms. The first-order valence-corrected chi connectivity index (χ1v) is 17.3. The number of fused-ring (bicyclic) bond motifs is 3. The third kappa shape index (κ3) is 5.53. The molecule has 0 aliphatic heterocycles. The molecule has 0 N–H and O–H groups in total. The number of hydrogen-bond donors (Lipinski definition) is 0. The van der Waals surface area contributed by atoms with Crippen molar-refractivity contribution in [2.75, 3.05) is 0 Å². The van der Waals surface area contributed by atoms with Gasteiger partial charge in [0.25, 0.3) is 0 Å². The van der Waals surface area contributed by atoms with Crippen LogP contribution in [0.1, 0.15) is 39.1 Å². The minimum atomic E-state index is 0.571. The molecule has 0 amide bonds. The van der Waals surface area contributed by atoms with Crippen molar-refractivity contribution < 1.29 is 9.47 Å². The third-order valence-corrected chi connectivity index (χ3v) is 10.4. The first-order valence-electron chi connectivity index (χ1n) is 17.3. The number of pyridine rings is 1. The van der Waals surface area contributed by atoms with Gasteiger partial charge in [0.1, 0.15) is 23.1 Å². The summed E-state index contributed by atoms with van der Waals surface area (Å²) in [6.45, 7) is 15.2. The van der Waals surface area contributed by atoms with E-state index in [-0.39, 0.29) is 0 Å². The summed E-state index contributed by atoms with van der Waals surface area (Å²) in [6.07, 6.45) is 1.86. The second-order valence-corrected chi connectivity index (χ2v) is 13.4. The highest BCUT2D eigenvalue weighted by atomic mass is 16.5. The van der Waals surface area contributed by atoms with E-state index in [0.29, 0.717) is 11.6 Å². The molecule has 0 fully saturated rings. The normalized spacial score (nSPS) is 11.4. The maximum Gasteiger partial charge on any atom is 0.246 e. The Morgan fingerprint density at radius 1 is 0.510 bits per heavy atom. The summed E-state index contributed by atoms with van der Waals surface area (Å²) in [5.41, 5.74) is 13.7. The Labute approximate surface area is 298 Å². The van der Waals surface area contributed by atoms with Crippen LogP contribution in [0.4, 0.5) is 0 Å². The number of nitrogens with zero attached hydrogens (tertiary/aromatic N) is 4. The van der Waals surface area contributed by atoms with Gasteiger partial charge in [-0.05, 0) is 142 Å². The van der Waals surface area contributed by atoms with Gasteiger partial charge in [-0.3, -0.25) is 4.57 Å². The van der Waals surface area contributed by atoms with Gasteiger partial charge in [0.2, 0.25) is 5.88 Å². The van der Waals surface area contributed by atoms with Gasteiger partial charge in [0.15, 0.2) is 0 Å². The Bertz CT molecular complexity index is 2580. The van der Waals surface area contributed by atoms with Crippen molar-refractivity contribution in [3.63, 3.8) is 0 Å². The van der Waals surface area contributed by atoms with Gasteiger partial charge in [-0.1, -0.05) is 42.5 Å². The Balaban J connectivity index is 1.22. The van der Waals surface area contributed by atoms with Gasteiger partial charge < -0.3 is 9.47 Å². The fourth-order valence-electron chi connectivity index (χ4n) is 7.28. The molecule has 0 atom stereocenters. The number of hydrogen-bond acceptors (Lipinski definition) is 4. The van der Waals surface area contributed by atoms with Crippen LogP contribution >= 0.6 is 0 Å². The summed E-state index contributed by atoms with van der Waals surface area (Å²) >= 11 is 0. The summed E-state index contributed by atoms with van der Waals surface area (Å²) in [6, 6.07) is 36.8. The average Bonchev–Trinajstić information content (AvgIpc) is 3.64. The zero-order valence-corrected chi connectivity index (χ0v) is 30.1. The molecule has 51 heavy (non-hydrogen) atoms. The van der Waals surface area contributed by atoms with Crippen LogP contribution in [0.2, 0.25) is 0 Å². The molecular formula is C45H40N4O2. The molecular weight excluding hydrogens is 629 g/mol.